The minimum atomic E-state index is -0.488. The standard InChI is InChI=1S/C23H23FN4O2/c1-14-3-5-19(24)18(9-14)22(29)27-11-15-10-16(13-27)20-6-4-17(23(30)28(20)12-15)21-25-7-8-26(21)2/h3-9,15-16H,10-13H2,1-2H3/t15-,16+/m0/s1. The van der Waals surface area contributed by atoms with Crippen LogP contribution in [0.5, 0.6) is 0 Å². The van der Waals surface area contributed by atoms with E-state index in [1.165, 1.54) is 6.07 Å². The second-order valence-corrected chi connectivity index (χ2v) is 8.44. The summed E-state index contributed by atoms with van der Waals surface area (Å²) < 4.78 is 18.0. The lowest BCUT2D eigenvalue weighted by atomic mass is 9.82. The van der Waals surface area contributed by atoms with Gasteiger partial charge in [0, 0.05) is 50.7 Å². The molecular formula is C23H23FN4O2. The maximum Gasteiger partial charge on any atom is 0.261 e. The van der Waals surface area contributed by atoms with E-state index in [1.807, 2.05) is 41.4 Å². The molecule has 5 rings (SSSR count). The summed E-state index contributed by atoms with van der Waals surface area (Å²) >= 11 is 0. The van der Waals surface area contributed by atoms with Crippen molar-refractivity contribution in [3.05, 3.63) is 75.7 Å². The zero-order valence-electron chi connectivity index (χ0n) is 17.0. The summed E-state index contributed by atoms with van der Waals surface area (Å²) in [7, 11) is 1.87. The van der Waals surface area contributed by atoms with Gasteiger partial charge in [0.1, 0.15) is 11.6 Å². The molecule has 1 fully saturated rings. The van der Waals surface area contributed by atoms with Crippen molar-refractivity contribution in [2.75, 3.05) is 13.1 Å². The number of carbonyl (C=O) groups is 1. The molecule has 0 N–H and O–H groups in total. The fourth-order valence-electron chi connectivity index (χ4n) is 4.88. The average Bonchev–Trinajstić information content (AvgIpc) is 3.15. The van der Waals surface area contributed by atoms with Crippen LogP contribution >= 0.6 is 0 Å². The second-order valence-electron chi connectivity index (χ2n) is 8.44. The molecule has 2 atom stereocenters. The van der Waals surface area contributed by atoms with Crippen molar-refractivity contribution in [3.8, 4) is 11.4 Å². The predicted molar refractivity (Wildman–Crippen MR) is 111 cm³/mol. The lowest BCUT2D eigenvalue weighted by Gasteiger charge is -2.43. The first-order valence-corrected chi connectivity index (χ1v) is 10.2. The summed E-state index contributed by atoms with van der Waals surface area (Å²) in [6.45, 7) is 3.43. The number of hydrogen-bond donors (Lipinski definition) is 0. The molecule has 2 aromatic heterocycles. The van der Waals surface area contributed by atoms with Gasteiger partial charge in [0.05, 0.1) is 11.1 Å². The molecule has 0 saturated carbocycles. The number of carbonyl (C=O) groups excluding carboxylic acids is 1. The van der Waals surface area contributed by atoms with Crippen molar-refractivity contribution in [2.24, 2.45) is 13.0 Å². The Balaban J connectivity index is 1.48. The van der Waals surface area contributed by atoms with Crippen molar-refractivity contribution in [1.82, 2.24) is 19.0 Å². The Morgan fingerprint density at radius 3 is 2.77 bits per heavy atom. The van der Waals surface area contributed by atoms with Crippen molar-refractivity contribution in [3.63, 3.8) is 0 Å². The highest BCUT2D eigenvalue weighted by atomic mass is 19.1. The predicted octanol–water partition coefficient (Wildman–Crippen LogP) is 2.96. The minimum Gasteiger partial charge on any atom is -0.338 e. The first-order chi connectivity index (χ1) is 14.4. The fraction of sp³-hybridized carbons (Fsp3) is 0.348. The SMILES string of the molecule is Cc1ccc(F)c(C(=O)N2C[C@@H]3C[C@H](C2)c2ccc(-c4nccn4C)c(=O)n2C3)c1. The molecule has 154 valence electrons. The highest BCUT2D eigenvalue weighted by Gasteiger charge is 2.37. The van der Waals surface area contributed by atoms with Crippen LogP contribution in [0, 0.1) is 18.7 Å². The van der Waals surface area contributed by atoms with Crippen LogP contribution in [-0.2, 0) is 13.6 Å². The van der Waals surface area contributed by atoms with Crippen LogP contribution in [0.1, 0.15) is 34.0 Å². The van der Waals surface area contributed by atoms with Gasteiger partial charge in [-0.05, 0) is 43.5 Å². The van der Waals surface area contributed by atoms with Crippen LogP contribution in [0.25, 0.3) is 11.4 Å². The topological polar surface area (TPSA) is 60.1 Å². The van der Waals surface area contributed by atoms with Crippen LogP contribution in [-0.4, -0.2) is 38.0 Å². The molecule has 0 spiro atoms. The number of rotatable bonds is 2. The molecule has 0 aliphatic carbocycles. The number of fused-ring (bicyclic) bond motifs is 4. The Kier molecular flexibility index (Phi) is 4.34. The highest BCUT2D eigenvalue weighted by Crippen LogP contribution is 2.36. The average molecular weight is 406 g/mol. The monoisotopic (exact) mass is 406 g/mol. The first-order valence-electron chi connectivity index (χ1n) is 10.2. The molecule has 1 aromatic carbocycles. The van der Waals surface area contributed by atoms with E-state index in [1.54, 1.807) is 23.2 Å². The number of nitrogens with zero attached hydrogens (tertiary/aromatic N) is 4. The third kappa shape index (κ3) is 2.96. The fourth-order valence-corrected chi connectivity index (χ4v) is 4.88. The Morgan fingerprint density at radius 1 is 1.17 bits per heavy atom. The van der Waals surface area contributed by atoms with Crippen LogP contribution in [0.3, 0.4) is 0 Å². The molecule has 6 nitrogen and oxygen atoms in total. The van der Waals surface area contributed by atoms with Crippen LogP contribution in [0.15, 0.2) is 47.5 Å². The van der Waals surface area contributed by atoms with Gasteiger partial charge in [-0.1, -0.05) is 11.6 Å². The van der Waals surface area contributed by atoms with E-state index >= 15 is 0 Å². The molecule has 1 amide bonds. The quantitative estimate of drug-likeness (QED) is 0.658. The van der Waals surface area contributed by atoms with Gasteiger partial charge in [0.2, 0.25) is 0 Å². The molecule has 7 heteroatoms. The van der Waals surface area contributed by atoms with Crippen molar-refractivity contribution in [2.45, 2.75) is 25.8 Å². The molecule has 2 bridgehead atoms. The van der Waals surface area contributed by atoms with Crippen LogP contribution in [0.4, 0.5) is 4.39 Å². The number of hydrogen-bond acceptors (Lipinski definition) is 3. The van der Waals surface area contributed by atoms with E-state index in [-0.39, 0.29) is 28.9 Å². The highest BCUT2D eigenvalue weighted by molar-refractivity contribution is 5.94. The van der Waals surface area contributed by atoms with Crippen LogP contribution in [0.2, 0.25) is 0 Å². The molecule has 30 heavy (non-hydrogen) atoms. The summed E-state index contributed by atoms with van der Waals surface area (Å²) in [6.07, 6.45) is 4.43. The number of aromatic nitrogens is 3. The number of imidazole rings is 1. The van der Waals surface area contributed by atoms with Gasteiger partial charge in [-0.3, -0.25) is 9.59 Å². The van der Waals surface area contributed by atoms with Gasteiger partial charge < -0.3 is 14.0 Å². The number of benzene rings is 1. The van der Waals surface area contributed by atoms with Gasteiger partial charge in [-0.15, -0.1) is 0 Å². The van der Waals surface area contributed by atoms with Gasteiger partial charge >= 0.3 is 0 Å². The molecule has 2 aliphatic heterocycles. The van der Waals surface area contributed by atoms with E-state index in [0.717, 1.165) is 17.7 Å². The normalized spacial score (nSPS) is 20.2. The summed E-state index contributed by atoms with van der Waals surface area (Å²) in [5.74, 6) is 0.126. The zero-order chi connectivity index (χ0) is 21.0. The molecule has 0 unspecified atom stereocenters. The molecule has 4 heterocycles. The molecule has 3 aromatic rings. The minimum absolute atomic E-state index is 0.0407. The largest absolute Gasteiger partial charge is 0.338 e. The number of piperidine rings is 1. The molecule has 2 aliphatic rings. The lowest BCUT2D eigenvalue weighted by Crippen LogP contribution is -2.49. The number of aryl methyl sites for hydroxylation is 2. The smallest absolute Gasteiger partial charge is 0.261 e. The van der Waals surface area contributed by atoms with E-state index in [4.69, 9.17) is 0 Å². The van der Waals surface area contributed by atoms with E-state index in [2.05, 4.69) is 4.98 Å². The first kappa shape index (κ1) is 18.8. The van der Waals surface area contributed by atoms with Gasteiger partial charge in [0.25, 0.3) is 11.5 Å². The molecule has 0 radical (unpaired) electrons. The van der Waals surface area contributed by atoms with E-state index < -0.39 is 5.82 Å². The Hall–Kier alpha value is -3.22. The third-order valence-corrected chi connectivity index (χ3v) is 6.31. The number of likely N-dealkylation sites (tertiary alicyclic amines) is 1. The Morgan fingerprint density at radius 2 is 2.00 bits per heavy atom. The second kappa shape index (κ2) is 6.93. The van der Waals surface area contributed by atoms with E-state index in [0.29, 0.717) is 31.0 Å². The van der Waals surface area contributed by atoms with Gasteiger partial charge in [0.15, 0.2) is 0 Å². The Labute approximate surface area is 173 Å². The maximum atomic E-state index is 14.3. The van der Waals surface area contributed by atoms with Gasteiger partial charge in [-0.2, -0.15) is 0 Å². The lowest BCUT2D eigenvalue weighted by molar-refractivity contribution is 0.0590. The van der Waals surface area contributed by atoms with E-state index in [9.17, 15) is 14.0 Å². The van der Waals surface area contributed by atoms with Crippen molar-refractivity contribution >= 4 is 5.91 Å². The van der Waals surface area contributed by atoms with Crippen LogP contribution < -0.4 is 5.56 Å². The maximum absolute atomic E-state index is 14.3. The summed E-state index contributed by atoms with van der Waals surface area (Å²) in [5.41, 5.74) is 2.46. The van der Waals surface area contributed by atoms with Gasteiger partial charge in [-0.25, -0.2) is 9.37 Å². The van der Waals surface area contributed by atoms with Crippen molar-refractivity contribution in [1.29, 1.82) is 0 Å². The molecule has 1 saturated heterocycles. The number of amides is 1. The number of halogens is 1. The summed E-state index contributed by atoms with van der Waals surface area (Å²) in [6, 6.07) is 8.44. The van der Waals surface area contributed by atoms with Crippen molar-refractivity contribution < 1.29 is 9.18 Å². The Bertz CT molecular complexity index is 1210. The number of pyridine rings is 1. The zero-order valence-corrected chi connectivity index (χ0v) is 17.0. The summed E-state index contributed by atoms with van der Waals surface area (Å²) in [5, 5.41) is 0. The summed E-state index contributed by atoms with van der Waals surface area (Å²) in [4.78, 5) is 32.3. The molecular weight excluding hydrogens is 383 g/mol. The third-order valence-electron chi connectivity index (χ3n) is 6.31.